The summed E-state index contributed by atoms with van der Waals surface area (Å²) in [6, 6.07) is 0.773. The molecule has 1 heteroatoms. The van der Waals surface area contributed by atoms with Gasteiger partial charge in [0.1, 0.15) is 0 Å². The summed E-state index contributed by atoms with van der Waals surface area (Å²) in [5, 5.41) is 3.37. The second kappa shape index (κ2) is 1.83. The van der Waals surface area contributed by atoms with Crippen LogP contribution in [0, 0.1) is 5.92 Å². The maximum Gasteiger partial charge on any atom is 0.00418 e. The van der Waals surface area contributed by atoms with E-state index < -0.39 is 0 Å². The Kier molecular flexibility index (Phi) is 1.33. The molecule has 0 bridgehead atoms. The molecule has 1 N–H and O–H groups in total. The van der Waals surface area contributed by atoms with E-state index in [2.05, 4.69) is 19.2 Å². The predicted octanol–water partition coefficient (Wildman–Crippen LogP) is 1.00. The standard InChI is InChI=1S/C6H13N/c1-5-3-6(2)7-4-5/h5-7H,3-4H2,1-2H3/t5-,6+/m0/s1. The van der Waals surface area contributed by atoms with Crippen LogP contribution in [0.15, 0.2) is 0 Å². The van der Waals surface area contributed by atoms with E-state index in [-0.39, 0.29) is 0 Å². The summed E-state index contributed by atoms with van der Waals surface area (Å²) in [5.74, 6) is 0.912. The van der Waals surface area contributed by atoms with E-state index in [0.717, 1.165) is 12.0 Å². The number of nitrogens with one attached hydrogen (secondary N) is 1. The Bertz CT molecular complexity index is 53.2. The van der Waals surface area contributed by atoms with Gasteiger partial charge < -0.3 is 5.32 Å². The van der Waals surface area contributed by atoms with Crippen LogP contribution in [0.1, 0.15) is 20.3 Å². The third kappa shape index (κ3) is 1.16. The van der Waals surface area contributed by atoms with Crippen LogP contribution in [0.25, 0.3) is 0 Å². The summed E-state index contributed by atoms with van der Waals surface area (Å²) in [7, 11) is 0. The van der Waals surface area contributed by atoms with Gasteiger partial charge in [0.15, 0.2) is 0 Å². The quantitative estimate of drug-likeness (QED) is 0.478. The summed E-state index contributed by atoms with van der Waals surface area (Å²) in [6.45, 7) is 5.75. The minimum Gasteiger partial charge on any atom is -0.314 e. The summed E-state index contributed by atoms with van der Waals surface area (Å²) in [4.78, 5) is 0. The molecule has 1 aliphatic rings. The molecule has 1 heterocycles. The van der Waals surface area contributed by atoms with Gasteiger partial charge in [0.25, 0.3) is 0 Å². The smallest absolute Gasteiger partial charge is 0.00418 e. The molecule has 0 unspecified atom stereocenters. The van der Waals surface area contributed by atoms with Gasteiger partial charge in [-0.2, -0.15) is 0 Å². The molecular weight excluding hydrogens is 86.1 g/mol. The highest BCUT2D eigenvalue weighted by molar-refractivity contribution is 4.74. The predicted molar refractivity (Wildman–Crippen MR) is 31.2 cm³/mol. The molecule has 2 atom stereocenters. The fourth-order valence-corrected chi connectivity index (χ4v) is 1.17. The zero-order valence-corrected chi connectivity index (χ0v) is 5.07. The van der Waals surface area contributed by atoms with Gasteiger partial charge in [-0.1, -0.05) is 6.92 Å². The number of hydrogen-bond donors (Lipinski definition) is 1. The topological polar surface area (TPSA) is 12.0 Å². The van der Waals surface area contributed by atoms with Crippen molar-refractivity contribution in [3.63, 3.8) is 0 Å². The third-order valence-electron chi connectivity index (χ3n) is 1.57. The van der Waals surface area contributed by atoms with E-state index in [1.807, 2.05) is 0 Å². The first-order chi connectivity index (χ1) is 3.29. The fourth-order valence-electron chi connectivity index (χ4n) is 1.17. The molecule has 0 aliphatic carbocycles. The molecule has 0 saturated carbocycles. The largest absolute Gasteiger partial charge is 0.314 e. The maximum atomic E-state index is 3.37. The first-order valence-corrected chi connectivity index (χ1v) is 3.02. The van der Waals surface area contributed by atoms with Gasteiger partial charge in [-0.15, -0.1) is 0 Å². The van der Waals surface area contributed by atoms with Gasteiger partial charge in [0.05, 0.1) is 0 Å². The van der Waals surface area contributed by atoms with Crippen molar-refractivity contribution in [2.75, 3.05) is 6.54 Å². The molecule has 0 radical (unpaired) electrons. The summed E-state index contributed by atoms with van der Waals surface area (Å²) in [6.07, 6.45) is 1.36. The van der Waals surface area contributed by atoms with Crippen LogP contribution in [0.5, 0.6) is 0 Å². The zero-order valence-electron chi connectivity index (χ0n) is 5.07. The molecule has 42 valence electrons. The Hall–Kier alpha value is -0.0400. The van der Waals surface area contributed by atoms with Crippen LogP contribution in [0.2, 0.25) is 0 Å². The SMILES string of the molecule is C[C@@H]1CN[C@H](C)C1. The Morgan fingerprint density at radius 3 is 2.29 bits per heavy atom. The second-order valence-electron chi connectivity index (χ2n) is 2.65. The first kappa shape index (κ1) is 5.10. The summed E-state index contributed by atoms with van der Waals surface area (Å²) >= 11 is 0. The molecule has 0 aromatic heterocycles. The molecule has 1 rings (SSSR count). The maximum absolute atomic E-state index is 3.37. The molecule has 1 fully saturated rings. The highest BCUT2D eigenvalue weighted by atomic mass is 14.9. The van der Waals surface area contributed by atoms with E-state index in [1.165, 1.54) is 13.0 Å². The van der Waals surface area contributed by atoms with Crippen LogP contribution in [0.3, 0.4) is 0 Å². The van der Waals surface area contributed by atoms with Crippen molar-refractivity contribution in [2.24, 2.45) is 5.92 Å². The van der Waals surface area contributed by atoms with E-state index in [0.29, 0.717) is 0 Å². The lowest BCUT2D eigenvalue weighted by atomic mass is 10.1. The highest BCUT2D eigenvalue weighted by Crippen LogP contribution is 2.10. The average molecular weight is 99.2 g/mol. The lowest BCUT2D eigenvalue weighted by Gasteiger charge is -1.96. The zero-order chi connectivity index (χ0) is 5.28. The third-order valence-corrected chi connectivity index (χ3v) is 1.57. The van der Waals surface area contributed by atoms with E-state index in [1.54, 1.807) is 0 Å². The van der Waals surface area contributed by atoms with Crippen molar-refractivity contribution in [1.29, 1.82) is 0 Å². The lowest BCUT2D eigenvalue weighted by Crippen LogP contribution is -2.16. The fraction of sp³-hybridized carbons (Fsp3) is 1.00. The van der Waals surface area contributed by atoms with Crippen molar-refractivity contribution in [2.45, 2.75) is 26.3 Å². The van der Waals surface area contributed by atoms with E-state index >= 15 is 0 Å². The summed E-state index contributed by atoms with van der Waals surface area (Å²) in [5.41, 5.74) is 0. The molecule has 1 saturated heterocycles. The lowest BCUT2D eigenvalue weighted by molar-refractivity contribution is 0.622. The minimum atomic E-state index is 0.773. The van der Waals surface area contributed by atoms with Crippen LogP contribution in [-0.4, -0.2) is 12.6 Å². The van der Waals surface area contributed by atoms with Crippen molar-refractivity contribution < 1.29 is 0 Å². The van der Waals surface area contributed by atoms with Crippen LogP contribution in [-0.2, 0) is 0 Å². The van der Waals surface area contributed by atoms with Gasteiger partial charge in [-0.3, -0.25) is 0 Å². The van der Waals surface area contributed by atoms with Gasteiger partial charge in [-0.05, 0) is 25.8 Å². The Labute approximate surface area is 45.1 Å². The van der Waals surface area contributed by atoms with Crippen molar-refractivity contribution in [3.8, 4) is 0 Å². The Balaban J connectivity index is 2.26. The van der Waals surface area contributed by atoms with Gasteiger partial charge in [0.2, 0.25) is 0 Å². The van der Waals surface area contributed by atoms with E-state index in [4.69, 9.17) is 0 Å². The molecule has 1 aliphatic heterocycles. The average Bonchev–Trinajstić information content (AvgIpc) is 1.87. The molecule has 1 nitrogen and oxygen atoms in total. The van der Waals surface area contributed by atoms with Crippen LogP contribution >= 0.6 is 0 Å². The van der Waals surface area contributed by atoms with Gasteiger partial charge in [0, 0.05) is 6.04 Å². The monoisotopic (exact) mass is 99.1 g/mol. The van der Waals surface area contributed by atoms with Crippen molar-refractivity contribution >= 4 is 0 Å². The molecule has 0 aromatic carbocycles. The van der Waals surface area contributed by atoms with Gasteiger partial charge >= 0.3 is 0 Å². The second-order valence-corrected chi connectivity index (χ2v) is 2.65. The van der Waals surface area contributed by atoms with Crippen molar-refractivity contribution in [1.82, 2.24) is 5.32 Å². The van der Waals surface area contributed by atoms with Crippen LogP contribution in [0.4, 0.5) is 0 Å². The summed E-state index contributed by atoms with van der Waals surface area (Å²) < 4.78 is 0. The molecule has 0 amide bonds. The highest BCUT2D eigenvalue weighted by Gasteiger charge is 2.14. The van der Waals surface area contributed by atoms with Crippen molar-refractivity contribution in [3.05, 3.63) is 0 Å². The normalized spacial score (nSPS) is 42.0. The van der Waals surface area contributed by atoms with E-state index in [9.17, 15) is 0 Å². The van der Waals surface area contributed by atoms with Crippen LogP contribution < -0.4 is 5.32 Å². The molecular formula is C6H13N. The number of rotatable bonds is 0. The molecule has 7 heavy (non-hydrogen) atoms. The minimum absolute atomic E-state index is 0.773. The molecule has 0 spiro atoms. The molecule has 0 aromatic rings. The van der Waals surface area contributed by atoms with Gasteiger partial charge in [-0.25, -0.2) is 0 Å². The number of hydrogen-bond acceptors (Lipinski definition) is 1. The Morgan fingerprint density at radius 1 is 1.43 bits per heavy atom. The Morgan fingerprint density at radius 2 is 2.14 bits per heavy atom. The first-order valence-electron chi connectivity index (χ1n) is 3.02.